The highest BCUT2D eigenvalue weighted by Gasteiger charge is 2.21. The fourth-order valence-electron chi connectivity index (χ4n) is 3.99. The second-order valence-electron chi connectivity index (χ2n) is 9.09. The Hall–Kier alpha value is -5.52. The molecule has 4 aromatic carbocycles. The van der Waals surface area contributed by atoms with E-state index in [1.54, 1.807) is 0 Å². The molecule has 4 rings (SSSR count). The lowest BCUT2D eigenvalue weighted by Crippen LogP contribution is -2.08. The second-order valence-corrected chi connectivity index (χ2v) is 9.09. The normalized spacial score (nSPS) is 10.8. The summed E-state index contributed by atoms with van der Waals surface area (Å²) in [7, 11) is 0. The van der Waals surface area contributed by atoms with E-state index in [1.807, 2.05) is 0 Å². The zero-order valence-corrected chi connectivity index (χ0v) is 21.7. The Labute approximate surface area is 235 Å². The van der Waals surface area contributed by atoms with Gasteiger partial charge in [-0.25, -0.2) is 27.6 Å². The van der Waals surface area contributed by atoms with Gasteiger partial charge in [-0.3, -0.25) is 0 Å². The van der Waals surface area contributed by atoms with Gasteiger partial charge in [-0.05, 0) is 84.3 Å². The third-order valence-electron chi connectivity index (χ3n) is 6.19. The minimum atomic E-state index is -1.45. The smallest absolute Gasteiger partial charge is 0.338 e. The molecule has 0 radical (unpaired) electrons. The molecule has 0 unspecified atom stereocenters. The van der Waals surface area contributed by atoms with Crippen molar-refractivity contribution in [2.45, 2.75) is 20.1 Å². The van der Waals surface area contributed by atoms with Gasteiger partial charge in [-0.2, -0.15) is 0 Å². The maximum Gasteiger partial charge on any atom is 0.338 e. The number of carbonyl (C=O) groups excluding carboxylic acids is 2. The maximum absolute atomic E-state index is 14.8. The van der Waals surface area contributed by atoms with Crippen molar-refractivity contribution in [2.75, 3.05) is 0 Å². The van der Waals surface area contributed by atoms with Crippen LogP contribution in [0.5, 0.6) is 17.2 Å². The van der Waals surface area contributed by atoms with Crippen LogP contribution in [0.25, 0.3) is 11.1 Å². The summed E-state index contributed by atoms with van der Waals surface area (Å²) in [5.41, 5.74) is -0.850. The Balaban J connectivity index is 1.68. The number of phenols is 3. The number of hydrogen-bond donors (Lipinski definition) is 4. The fraction of sp³-hybridized carbons (Fsp3) is 0.100. The first-order valence-corrected chi connectivity index (χ1v) is 12.1. The number of rotatable bonds is 8. The molecule has 4 aromatic rings. The Morgan fingerprint density at radius 1 is 0.714 bits per heavy atom. The summed E-state index contributed by atoms with van der Waals surface area (Å²) in [6.07, 6.45) is 0. The third kappa shape index (κ3) is 6.28. The van der Waals surface area contributed by atoms with Crippen molar-refractivity contribution in [3.8, 4) is 28.4 Å². The van der Waals surface area contributed by atoms with Gasteiger partial charge in [0.2, 0.25) is 0 Å². The van der Waals surface area contributed by atoms with E-state index in [0.29, 0.717) is 0 Å². The number of aromatic hydroxyl groups is 3. The molecule has 216 valence electrons. The molecule has 0 aromatic heterocycles. The molecular formula is C30H21F3O9. The summed E-state index contributed by atoms with van der Waals surface area (Å²) in [4.78, 5) is 36.6. The average Bonchev–Trinajstić information content (AvgIpc) is 2.96. The molecule has 0 saturated carbocycles. The quantitative estimate of drug-likeness (QED) is 0.194. The summed E-state index contributed by atoms with van der Waals surface area (Å²) >= 11 is 0. The van der Waals surface area contributed by atoms with E-state index in [-0.39, 0.29) is 38.9 Å². The summed E-state index contributed by atoms with van der Waals surface area (Å²) in [6, 6.07) is 10.9. The molecule has 0 amide bonds. The first kappa shape index (κ1) is 29.5. The Bertz CT molecular complexity index is 1650. The van der Waals surface area contributed by atoms with E-state index in [9.17, 15) is 48.0 Å². The van der Waals surface area contributed by atoms with E-state index >= 15 is 0 Å². The van der Waals surface area contributed by atoms with Gasteiger partial charge in [-0.15, -0.1) is 0 Å². The molecule has 0 atom stereocenters. The van der Waals surface area contributed by atoms with Crippen LogP contribution in [0.4, 0.5) is 13.2 Å². The first-order chi connectivity index (χ1) is 19.8. The van der Waals surface area contributed by atoms with Gasteiger partial charge in [0, 0.05) is 11.1 Å². The molecule has 4 N–H and O–H groups in total. The number of halogens is 3. The van der Waals surface area contributed by atoms with Gasteiger partial charge in [0.1, 0.15) is 13.2 Å². The number of hydrogen-bond acceptors (Lipinski definition) is 8. The number of carboxylic acid groups (broad SMARTS) is 1. The van der Waals surface area contributed by atoms with Crippen LogP contribution in [0.2, 0.25) is 0 Å². The molecule has 0 heterocycles. The maximum atomic E-state index is 14.8. The molecule has 12 heteroatoms. The Morgan fingerprint density at radius 3 is 1.62 bits per heavy atom. The van der Waals surface area contributed by atoms with Crippen molar-refractivity contribution in [1.82, 2.24) is 0 Å². The summed E-state index contributed by atoms with van der Waals surface area (Å²) in [5.74, 6) is -8.82. The zero-order chi connectivity index (χ0) is 30.7. The van der Waals surface area contributed by atoms with Crippen molar-refractivity contribution < 1.29 is 57.5 Å². The Morgan fingerprint density at radius 2 is 1.19 bits per heavy atom. The van der Waals surface area contributed by atoms with Crippen molar-refractivity contribution in [3.05, 3.63) is 111 Å². The predicted molar refractivity (Wildman–Crippen MR) is 140 cm³/mol. The fourth-order valence-corrected chi connectivity index (χ4v) is 3.99. The Kier molecular flexibility index (Phi) is 8.36. The SMILES string of the molecule is Cc1c(C(=O)O)cc(-c2cc(COC(=O)c3ccc(O)c(F)c3)cc(COC(=O)c3ccc(O)c(F)c3)c2)c(O)c1F. The van der Waals surface area contributed by atoms with Crippen LogP contribution in [0.3, 0.4) is 0 Å². The number of benzene rings is 4. The van der Waals surface area contributed by atoms with Gasteiger partial charge < -0.3 is 29.9 Å². The molecule has 0 saturated heterocycles. The van der Waals surface area contributed by atoms with E-state index in [2.05, 4.69) is 0 Å². The largest absolute Gasteiger partial charge is 0.505 e. The van der Waals surface area contributed by atoms with Gasteiger partial charge >= 0.3 is 17.9 Å². The third-order valence-corrected chi connectivity index (χ3v) is 6.19. The van der Waals surface area contributed by atoms with Crippen LogP contribution in [0.1, 0.15) is 47.8 Å². The average molecular weight is 582 g/mol. The van der Waals surface area contributed by atoms with Gasteiger partial charge in [0.15, 0.2) is 34.7 Å². The van der Waals surface area contributed by atoms with E-state index in [1.165, 1.54) is 25.1 Å². The van der Waals surface area contributed by atoms with Crippen LogP contribution in [0, 0.1) is 24.4 Å². The lowest BCUT2D eigenvalue weighted by molar-refractivity contribution is 0.0471. The molecule has 0 aliphatic rings. The van der Waals surface area contributed by atoms with Gasteiger partial charge in [0.25, 0.3) is 0 Å². The highest BCUT2D eigenvalue weighted by atomic mass is 19.1. The molecule has 0 aliphatic carbocycles. The summed E-state index contributed by atoms with van der Waals surface area (Å²) in [5, 5.41) is 38.6. The molecule has 42 heavy (non-hydrogen) atoms. The molecular weight excluding hydrogens is 561 g/mol. The van der Waals surface area contributed by atoms with Crippen LogP contribution in [-0.2, 0) is 22.7 Å². The minimum Gasteiger partial charge on any atom is -0.505 e. The lowest BCUT2D eigenvalue weighted by Gasteiger charge is -2.15. The topological polar surface area (TPSA) is 151 Å². The molecule has 0 fully saturated rings. The van der Waals surface area contributed by atoms with E-state index < -0.39 is 71.4 Å². The van der Waals surface area contributed by atoms with Crippen molar-refractivity contribution >= 4 is 17.9 Å². The van der Waals surface area contributed by atoms with Crippen LogP contribution >= 0.6 is 0 Å². The predicted octanol–water partition coefficient (Wildman–Crippen LogP) is 5.61. The highest BCUT2D eigenvalue weighted by molar-refractivity contribution is 5.93. The van der Waals surface area contributed by atoms with Gasteiger partial charge in [0.05, 0.1) is 16.7 Å². The number of phenolic OH excluding ortho intramolecular Hbond substituents is 3. The van der Waals surface area contributed by atoms with Crippen molar-refractivity contribution in [2.24, 2.45) is 0 Å². The standard InChI is InChI=1S/C30H21F3O9/c1-14-20(28(37)38)11-21(27(36)26(14)33)19-7-15(12-41-29(39)17-2-4-24(34)22(31)9-17)6-16(8-19)13-42-30(40)18-3-5-25(35)23(32)10-18/h2-11,34-36H,12-13H2,1H3,(H,37,38). The van der Waals surface area contributed by atoms with Gasteiger partial charge in [-0.1, -0.05) is 0 Å². The van der Waals surface area contributed by atoms with E-state index in [4.69, 9.17) is 9.47 Å². The number of aromatic carboxylic acids is 1. The molecule has 0 spiro atoms. The number of carbonyl (C=O) groups is 3. The number of ether oxygens (including phenoxy) is 2. The van der Waals surface area contributed by atoms with E-state index in [0.717, 1.165) is 42.5 Å². The number of esters is 2. The minimum absolute atomic E-state index is 0.0693. The van der Waals surface area contributed by atoms with Crippen LogP contribution < -0.4 is 0 Å². The molecule has 0 aliphatic heterocycles. The summed E-state index contributed by atoms with van der Waals surface area (Å²) < 4.78 is 52.5. The lowest BCUT2D eigenvalue weighted by atomic mass is 9.95. The zero-order valence-electron chi connectivity index (χ0n) is 21.7. The number of carboxylic acids is 1. The highest BCUT2D eigenvalue weighted by Crippen LogP contribution is 2.36. The van der Waals surface area contributed by atoms with Crippen molar-refractivity contribution in [1.29, 1.82) is 0 Å². The monoisotopic (exact) mass is 582 g/mol. The molecule has 9 nitrogen and oxygen atoms in total. The summed E-state index contributed by atoms with van der Waals surface area (Å²) in [6.45, 7) is 0.293. The van der Waals surface area contributed by atoms with Crippen LogP contribution in [0.15, 0.2) is 60.7 Å². The molecule has 0 bridgehead atoms. The van der Waals surface area contributed by atoms with Crippen molar-refractivity contribution in [3.63, 3.8) is 0 Å². The first-order valence-electron chi connectivity index (χ1n) is 12.1. The van der Waals surface area contributed by atoms with Crippen LogP contribution in [-0.4, -0.2) is 38.3 Å². The second kappa shape index (κ2) is 11.9.